The molecule has 0 saturated heterocycles. The highest BCUT2D eigenvalue weighted by Gasteiger charge is 2.37. The second-order valence-corrected chi connectivity index (χ2v) is 15.0. The Hall–Kier alpha value is -5.27. The van der Waals surface area contributed by atoms with Gasteiger partial charge < -0.3 is 41.2 Å². The summed E-state index contributed by atoms with van der Waals surface area (Å²) in [5.41, 5.74) is 1.47. The van der Waals surface area contributed by atoms with Crippen molar-refractivity contribution in [1.82, 2.24) is 26.6 Å². The molecule has 14 heteroatoms. The topological polar surface area (TPSA) is 209 Å². The Bertz CT molecular complexity index is 1570. The van der Waals surface area contributed by atoms with Crippen LogP contribution in [0.1, 0.15) is 78.0 Å². The highest BCUT2D eigenvalue weighted by atomic mass is 16.5. The zero-order valence-electron chi connectivity index (χ0n) is 31.9. The van der Waals surface area contributed by atoms with Gasteiger partial charge in [0.05, 0.1) is 12.5 Å². The highest BCUT2D eigenvalue weighted by Crippen LogP contribution is 2.21. The number of amides is 5. The molecule has 2 aromatic carbocycles. The van der Waals surface area contributed by atoms with E-state index >= 15 is 0 Å². The Morgan fingerprint density at radius 3 is 1.91 bits per heavy atom. The number of rotatable bonds is 19. The molecule has 2 rings (SSSR count). The van der Waals surface area contributed by atoms with Gasteiger partial charge in [0.1, 0.15) is 37.1 Å². The largest absolute Gasteiger partial charge is 0.481 e. The number of aryl methyl sites for hydroxylation is 1. The van der Waals surface area contributed by atoms with Crippen LogP contribution in [0.5, 0.6) is 0 Å². The summed E-state index contributed by atoms with van der Waals surface area (Å²) in [7, 11) is 0. The zero-order valence-corrected chi connectivity index (χ0v) is 31.9. The number of carboxylic acid groups (broad SMARTS) is 1. The van der Waals surface area contributed by atoms with Crippen LogP contribution in [-0.2, 0) is 46.5 Å². The molecule has 0 aliphatic carbocycles. The van der Waals surface area contributed by atoms with Gasteiger partial charge in [-0.2, -0.15) is 0 Å². The predicted octanol–water partition coefficient (Wildman–Crippen LogP) is 3.19. The lowest BCUT2D eigenvalue weighted by Gasteiger charge is -2.33. The summed E-state index contributed by atoms with van der Waals surface area (Å²) in [6, 6.07) is 10.1. The van der Waals surface area contributed by atoms with E-state index in [1.54, 1.807) is 77.1 Å². The third-order valence-corrected chi connectivity index (χ3v) is 8.40. The van der Waals surface area contributed by atoms with Gasteiger partial charge in [0.15, 0.2) is 0 Å². The number of benzene rings is 2. The number of carboxylic acids is 1. The van der Waals surface area contributed by atoms with Gasteiger partial charge in [0.2, 0.25) is 23.6 Å². The number of aliphatic carboxylic acids is 1. The third-order valence-electron chi connectivity index (χ3n) is 8.40. The fraction of sp³-hybridized carbons (Fsp3) is 0.513. The van der Waals surface area contributed by atoms with Crippen LogP contribution in [0.3, 0.4) is 0 Å². The molecular weight excluding hydrogens is 682 g/mol. The van der Waals surface area contributed by atoms with E-state index in [1.807, 2.05) is 32.9 Å². The maximum atomic E-state index is 14.0. The van der Waals surface area contributed by atoms with E-state index in [2.05, 4.69) is 26.6 Å². The lowest BCUT2D eigenvalue weighted by atomic mass is 9.85. The minimum atomic E-state index is -1.59. The SMILES string of the molecule is Cc1ccccc1C[C@H](NC(=O)[C@H](NC(=O)[C@H](CC(=O)O)NC(=O)OCc1ccccc1)C(C)C)C(=O)N[C@H](C(=O)N[C@H](C=O)CC(C)C)C(C)(C)C. The number of carbonyl (C=O) groups is 7. The molecule has 0 fully saturated rings. The molecule has 14 nitrogen and oxygen atoms in total. The molecule has 5 atom stereocenters. The van der Waals surface area contributed by atoms with Crippen molar-refractivity contribution in [1.29, 1.82) is 0 Å². The molecule has 53 heavy (non-hydrogen) atoms. The van der Waals surface area contributed by atoms with Crippen LogP contribution in [0.15, 0.2) is 54.6 Å². The number of ether oxygens (including phenoxy) is 1. The van der Waals surface area contributed by atoms with Crippen LogP contribution < -0.4 is 26.6 Å². The lowest BCUT2D eigenvalue weighted by Crippen LogP contribution is -2.62. The molecule has 0 bridgehead atoms. The minimum absolute atomic E-state index is 0.0300. The summed E-state index contributed by atoms with van der Waals surface area (Å²) in [6.45, 7) is 14.1. The summed E-state index contributed by atoms with van der Waals surface area (Å²) in [5.74, 6) is -4.74. The average molecular weight is 738 g/mol. The van der Waals surface area contributed by atoms with E-state index in [0.717, 1.165) is 11.1 Å². The summed E-state index contributed by atoms with van der Waals surface area (Å²) >= 11 is 0. The fourth-order valence-corrected chi connectivity index (χ4v) is 5.45. The Morgan fingerprint density at radius 1 is 0.755 bits per heavy atom. The number of aldehydes is 1. The average Bonchev–Trinajstić information content (AvgIpc) is 3.07. The van der Waals surface area contributed by atoms with Gasteiger partial charge >= 0.3 is 12.1 Å². The first kappa shape index (κ1) is 43.9. The normalized spacial score (nSPS) is 14.2. The number of nitrogens with one attached hydrogen (secondary N) is 5. The van der Waals surface area contributed by atoms with Gasteiger partial charge in [-0.25, -0.2) is 4.79 Å². The van der Waals surface area contributed by atoms with Gasteiger partial charge in [-0.3, -0.25) is 24.0 Å². The number of carbonyl (C=O) groups excluding carboxylic acids is 6. The molecule has 2 aromatic rings. The Morgan fingerprint density at radius 2 is 1.36 bits per heavy atom. The van der Waals surface area contributed by atoms with Crippen molar-refractivity contribution in [3.8, 4) is 0 Å². The van der Waals surface area contributed by atoms with Crippen LogP contribution in [0, 0.1) is 24.2 Å². The molecule has 0 aliphatic heterocycles. The van der Waals surface area contributed by atoms with Crippen LogP contribution in [0.2, 0.25) is 0 Å². The maximum Gasteiger partial charge on any atom is 0.408 e. The monoisotopic (exact) mass is 737 g/mol. The van der Waals surface area contributed by atoms with Crippen molar-refractivity contribution in [2.24, 2.45) is 17.3 Å². The lowest BCUT2D eigenvalue weighted by molar-refractivity contribution is -0.140. The molecule has 0 unspecified atom stereocenters. The first-order valence-electron chi connectivity index (χ1n) is 17.7. The van der Waals surface area contributed by atoms with Crippen molar-refractivity contribution >= 4 is 42.0 Å². The molecule has 0 aromatic heterocycles. The molecule has 0 heterocycles. The second kappa shape index (κ2) is 20.7. The van der Waals surface area contributed by atoms with Crippen molar-refractivity contribution in [3.05, 3.63) is 71.3 Å². The standard InChI is InChI=1S/C39H55N5O9/c1-23(2)18-28(21-45)40-37(51)33(39(6,7)8)44-35(49)29(19-27-17-13-12-14-25(27)5)41-36(50)32(24(3)4)43-34(48)30(20-31(46)47)42-38(52)53-22-26-15-10-9-11-16-26/h9-17,21,23-24,28-30,32-33H,18-20,22H2,1-8H3,(H,40,51)(H,41,50)(H,42,52)(H,43,48)(H,44,49)(H,46,47)/t28-,29-,30-,32+,33+/m0/s1. The van der Waals surface area contributed by atoms with Crippen LogP contribution in [-0.4, -0.2) is 77.3 Å². The van der Waals surface area contributed by atoms with E-state index < -0.39 is 83.7 Å². The van der Waals surface area contributed by atoms with E-state index in [-0.39, 0.29) is 18.9 Å². The predicted molar refractivity (Wildman–Crippen MR) is 198 cm³/mol. The van der Waals surface area contributed by atoms with Gasteiger partial charge in [-0.1, -0.05) is 103 Å². The summed E-state index contributed by atoms with van der Waals surface area (Å²) in [5, 5.41) is 22.5. The molecule has 290 valence electrons. The minimum Gasteiger partial charge on any atom is -0.481 e. The molecular formula is C39H55N5O9. The molecule has 6 N–H and O–H groups in total. The van der Waals surface area contributed by atoms with Gasteiger partial charge in [-0.05, 0) is 47.3 Å². The van der Waals surface area contributed by atoms with Crippen LogP contribution in [0.25, 0.3) is 0 Å². The van der Waals surface area contributed by atoms with Crippen molar-refractivity contribution in [2.75, 3.05) is 0 Å². The van der Waals surface area contributed by atoms with Gasteiger partial charge in [-0.15, -0.1) is 0 Å². The zero-order chi connectivity index (χ0) is 39.9. The Kier molecular flexibility index (Phi) is 17.1. The number of alkyl carbamates (subject to hydrolysis) is 1. The van der Waals surface area contributed by atoms with E-state index in [4.69, 9.17) is 4.74 Å². The summed E-state index contributed by atoms with van der Waals surface area (Å²) in [4.78, 5) is 90.7. The Labute approximate surface area is 311 Å². The highest BCUT2D eigenvalue weighted by molar-refractivity contribution is 5.96. The van der Waals surface area contributed by atoms with Gasteiger partial charge in [0, 0.05) is 6.42 Å². The second-order valence-electron chi connectivity index (χ2n) is 15.0. The fourth-order valence-electron chi connectivity index (χ4n) is 5.45. The maximum absolute atomic E-state index is 14.0. The smallest absolute Gasteiger partial charge is 0.408 e. The molecule has 0 radical (unpaired) electrons. The molecule has 0 aliphatic rings. The van der Waals surface area contributed by atoms with E-state index in [1.165, 1.54) is 0 Å². The number of hydrogen-bond donors (Lipinski definition) is 6. The number of hydrogen-bond acceptors (Lipinski definition) is 8. The first-order chi connectivity index (χ1) is 24.8. The van der Waals surface area contributed by atoms with Gasteiger partial charge in [0.25, 0.3) is 0 Å². The first-order valence-corrected chi connectivity index (χ1v) is 17.7. The molecule has 0 saturated carbocycles. The third kappa shape index (κ3) is 15.1. The molecule has 5 amide bonds. The Balaban J connectivity index is 2.32. The van der Waals surface area contributed by atoms with E-state index in [0.29, 0.717) is 18.3 Å². The molecule has 0 spiro atoms. The summed E-state index contributed by atoms with van der Waals surface area (Å²) < 4.78 is 5.16. The van der Waals surface area contributed by atoms with Crippen molar-refractivity contribution in [2.45, 2.75) is 111 Å². The summed E-state index contributed by atoms with van der Waals surface area (Å²) in [6.07, 6.45) is -0.730. The van der Waals surface area contributed by atoms with Crippen LogP contribution >= 0.6 is 0 Å². The van der Waals surface area contributed by atoms with Crippen LogP contribution in [0.4, 0.5) is 4.79 Å². The van der Waals surface area contributed by atoms with E-state index in [9.17, 15) is 38.7 Å². The quantitative estimate of drug-likeness (QED) is 0.117. The van der Waals surface area contributed by atoms with Crippen molar-refractivity contribution in [3.63, 3.8) is 0 Å². The van der Waals surface area contributed by atoms with Crippen molar-refractivity contribution < 1.29 is 43.4 Å².